The van der Waals surface area contributed by atoms with Gasteiger partial charge in [-0.15, -0.1) is 0 Å². The third-order valence-corrected chi connectivity index (χ3v) is 10.7. The molecule has 0 amide bonds. The van der Waals surface area contributed by atoms with E-state index in [1.54, 1.807) is 0 Å². The molecule has 4 aliphatic rings. The Bertz CT molecular complexity index is 482. The number of hydrogen-bond donors (Lipinski definition) is 2. The van der Waals surface area contributed by atoms with Crippen LogP contribution in [0.2, 0.25) is 0 Å². The Labute approximate surface area is 145 Å². The Morgan fingerprint density at radius 2 is 1.83 bits per heavy atom. The van der Waals surface area contributed by atoms with E-state index in [4.69, 9.17) is 0 Å². The van der Waals surface area contributed by atoms with Gasteiger partial charge < -0.3 is 10.2 Å². The van der Waals surface area contributed by atoms with E-state index in [2.05, 4.69) is 32.5 Å². The third-order valence-electron chi connectivity index (χ3n) is 8.85. The highest BCUT2D eigenvalue weighted by molar-refractivity contribution is 8.00. The van der Waals surface area contributed by atoms with Crippen LogP contribution in [0.3, 0.4) is 0 Å². The summed E-state index contributed by atoms with van der Waals surface area (Å²) in [6.45, 7) is 7.16. The topological polar surface area (TPSA) is 40.5 Å². The summed E-state index contributed by atoms with van der Waals surface area (Å²) in [7, 11) is 0. The molecule has 3 heteroatoms. The molecule has 3 saturated carbocycles. The zero-order valence-corrected chi connectivity index (χ0v) is 15.9. The maximum absolute atomic E-state index is 11.9. The maximum Gasteiger partial charge on any atom is 0.0824 e. The van der Waals surface area contributed by atoms with Gasteiger partial charge in [0.25, 0.3) is 0 Å². The number of aliphatic hydroxyl groups is 2. The Morgan fingerprint density at radius 3 is 2.57 bits per heavy atom. The van der Waals surface area contributed by atoms with Crippen molar-refractivity contribution in [3.05, 3.63) is 0 Å². The fourth-order valence-corrected chi connectivity index (χ4v) is 9.34. The fraction of sp³-hybridized carbons (Fsp3) is 1.00. The monoisotopic (exact) mass is 338 g/mol. The number of fused-ring (bicyclic) bond motifs is 5. The van der Waals surface area contributed by atoms with Gasteiger partial charge >= 0.3 is 0 Å². The van der Waals surface area contributed by atoms with Crippen molar-refractivity contribution in [3.63, 3.8) is 0 Å². The van der Waals surface area contributed by atoms with Gasteiger partial charge in [0.15, 0.2) is 0 Å². The predicted molar refractivity (Wildman–Crippen MR) is 96.5 cm³/mol. The Morgan fingerprint density at radius 1 is 1.04 bits per heavy atom. The fourth-order valence-electron chi connectivity index (χ4n) is 7.18. The average Bonchev–Trinajstić information content (AvgIpc) is 2.79. The van der Waals surface area contributed by atoms with Crippen LogP contribution in [0.25, 0.3) is 0 Å². The Hall–Kier alpha value is 0.270. The van der Waals surface area contributed by atoms with E-state index in [0.717, 1.165) is 25.7 Å². The summed E-state index contributed by atoms with van der Waals surface area (Å²) in [5.41, 5.74) is -0.109. The van der Waals surface area contributed by atoms with Crippen molar-refractivity contribution in [1.29, 1.82) is 0 Å². The predicted octanol–water partition coefficient (Wildman–Crippen LogP) is 4.24. The summed E-state index contributed by atoms with van der Waals surface area (Å²) in [5.74, 6) is 3.71. The molecule has 0 bridgehead atoms. The maximum atomic E-state index is 11.9. The summed E-state index contributed by atoms with van der Waals surface area (Å²) in [6, 6.07) is 0. The average molecular weight is 339 g/mol. The minimum absolute atomic E-state index is 0.0697. The van der Waals surface area contributed by atoms with Crippen LogP contribution in [0.4, 0.5) is 0 Å². The molecule has 0 aromatic heterocycles. The van der Waals surface area contributed by atoms with E-state index in [1.165, 1.54) is 31.4 Å². The first-order chi connectivity index (χ1) is 10.8. The molecule has 8 atom stereocenters. The van der Waals surface area contributed by atoms with E-state index in [-0.39, 0.29) is 10.9 Å². The van der Waals surface area contributed by atoms with Crippen molar-refractivity contribution in [3.8, 4) is 0 Å². The molecule has 0 spiro atoms. The standard InChI is InChI=1S/C20H34O2S/c1-4-13-7-10-20(22)16-6-5-14-11-15(21)8-9-18(14,2)17(16)12-23-19(13,20)3/h13-17,21-22H,4-12H2,1-3H3/t13-,14+,15-,16?,17?,18-,19+,20-/m0/s1. The molecule has 2 nitrogen and oxygen atoms in total. The van der Waals surface area contributed by atoms with Gasteiger partial charge in [-0.3, -0.25) is 0 Å². The van der Waals surface area contributed by atoms with Crippen molar-refractivity contribution >= 4 is 11.8 Å². The molecule has 23 heavy (non-hydrogen) atoms. The van der Waals surface area contributed by atoms with Crippen LogP contribution < -0.4 is 0 Å². The van der Waals surface area contributed by atoms with E-state index in [9.17, 15) is 10.2 Å². The van der Waals surface area contributed by atoms with Gasteiger partial charge in [-0.1, -0.05) is 20.3 Å². The molecule has 0 aromatic rings. The highest BCUT2D eigenvalue weighted by atomic mass is 32.2. The van der Waals surface area contributed by atoms with Crippen LogP contribution in [-0.2, 0) is 0 Å². The quantitative estimate of drug-likeness (QED) is 0.751. The van der Waals surface area contributed by atoms with E-state index < -0.39 is 5.60 Å². The molecule has 4 rings (SSSR count). The zero-order chi connectivity index (χ0) is 16.5. The molecule has 2 unspecified atom stereocenters. The first-order valence-electron chi connectivity index (χ1n) is 9.89. The second kappa shape index (κ2) is 5.38. The molecule has 0 aromatic carbocycles. The number of hydrogen-bond acceptors (Lipinski definition) is 3. The molecule has 2 N–H and O–H groups in total. The second-order valence-corrected chi connectivity index (χ2v) is 10.9. The molecule has 3 aliphatic carbocycles. The third kappa shape index (κ3) is 2.08. The molecule has 4 fully saturated rings. The lowest BCUT2D eigenvalue weighted by Crippen LogP contribution is -2.64. The van der Waals surface area contributed by atoms with E-state index in [1.807, 2.05) is 0 Å². The van der Waals surface area contributed by atoms with Crippen LogP contribution >= 0.6 is 11.8 Å². The van der Waals surface area contributed by atoms with Gasteiger partial charge in [-0.05, 0) is 86.7 Å². The Balaban J connectivity index is 1.67. The first kappa shape index (κ1) is 16.7. The van der Waals surface area contributed by atoms with Gasteiger partial charge in [0.05, 0.1) is 11.7 Å². The molecule has 1 aliphatic heterocycles. The minimum Gasteiger partial charge on any atom is -0.393 e. The van der Waals surface area contributed by atoms with Gasteiger partial charge in [0.2, 0.25) is 0 Å². The van der Waals surface area contributed by atoms with Crippen LogP contribution in [0.1, 0.15) is 72.1 Å². The van der Waals surface area contributed by atoms with Crippen molar-refractivity contribution in [2.75, 3.05) is 5.75 Å². The molecular formula is C20H34O2S. The molecule has 1 heterocycles. The SMILES string of the molecule is CC[C@H]1CC[C@]2(O)C3CC[C@@H]4C[C@@H](O)CC[C@]4(C)C3CS[C@]12C. The van der Waals surface area contributed by atoms with Crippen molar-refractivity contribution < 1.29 is 10.2 Å². The smallest absolute Gasteiger partial charge is 0.0824 e. The lowest BCUT2D eigenvalue weighted by molar-refractivity contribution is -0.142. The van der Waals surface area contributed by atoms with Crippen molar-refractivity contribution in [2.45, 2.75) is 88.6 Å². The molecule has 1 saturated heterocycles. The van der Waals surface area contributed by atoms with Crippen molar-refractivity contribution in [1.82, 2.24) is 0 Å². The summed E-state index contributed by atoms with van der Waals surface area (Å²) in [4.78, 5) is 0. The second-order valence-electron chi connectivity index (χ2n) is 9.41. The highest BCUT2D eigenvalue weighted by Crippen LogP contribution is 2.68. The lowest BCUT2D eigenvalue weighted by atomic mass is 9.49. The van der Waals surface area contributed by atoms with Crippen LogP contribution in [0.5, 0.6) is 0 Å². The van der Waals surface area contributed by atoms with Gasteiger partial charge in [-0.25, -0.2) is 0 Å². The largest absolute Gasteiger partial charge is 0.393 e. The summed E-state index contributed by atoms with van der Waals surface area (Å²) < 4.78 is 0.0697. The summed E-state index contributed by atoms with van der Waals surface area (Å²) >= 11 is 2.10. The minimum atomic E-state index is -0.453. The molecule has 132 valence electrons. The van der Waals surface area contributed by atoms with E-state index >= 15 is 0 Å². The first-order valence-corrected chi connectivity index (χ1v) is 10.9. The Kier molecular flexibility index (Phi) is 3.91. The van der Waals surface area contributed by atoms with Crippen LogP contribution in [0, 0.1) is 29.1 Å². The summed E-state index contributed by atoms with van der Waals surface area (Å²) in [5, 5.41) is 22.0. The van der Waals surface area contributed by atoms with Gasteiger partial charge in [0.1, 0.15) is 0 Å². The van der Waals surface area contributed by atoms with Gasteiger partial charge in [0, 0.05) is 4.75 Å². The summed E-state index contributed by atoms with van der Waals surface area (Å²) in [6.07, 6.45) is 8.87. The van der Waals surface area contributed by atoms with Crippen LogP contribution in [-0.4, -0.2) is 32.4 Å². The van der Waals surface area contributed by atoms with Crippen molar-refractivity contribution in [2.24, 2.45) is 29.1 Å². The van der Waals surface area contributed by atoms with Crippen LogP contribution in [0.15, 0.2) is 0 Å². The molecule has 0 radical (unpaired) electrons. The number of aliphatic hydroxyl groups excluding tert-OH is 1. The highest BCUT2D eigenvalue weighted by Gasteiger charge is 2.67. The zero-order valence-electron chi connectivity index (χ0n) is 15.1. The van der Waals surface area contributed by atoms with Gasteiger partial charge in [-0.2, -0.15) is 11.8 Å². The normalized spacial score (nSPS) is 59.1. The number of rotatable bonds is 1. The lowest BCUT2D eigenvalue weighted by Gasteiger charge is -2.63. The van der Waals surface area contributed by atoms with E-state index in [0.29, 0.717) is 29.1 Å². The number of thioether (sulfide) groups is 1. The molecular weight excluding hydrogens is 304 g/mol.